The van der Waals surface area contributed by atoms with Gasteiger partial charge in [0, 0.05) is 13.9 Å². The second-order valence-corrected chi connectivity index (χ2v) is 6.89. The minimum absolute atomic E-state index is 0. The molecule has 0 N–H and O–H groups in total. The average Bonchev–Trinajstić information content (AvgIpc) is 2.68. The zero-order valence-electron chi connectivity index (χ0n) is 15.6. The third-order valence-corrected chi connectivity index (χ3v) is 3.89. The van der Waals surface area contributed by atoms with Gasteiger partial charge in [-0.3, -0.25) is 14.5 Å². The molecule has 0 spiro atoms. The number of carbonyl (C=O) groups is 2. The number of carbonyl (C=O) groups excluding carboxylic acids is 2. The molecule has 0 aliphatic heterocycles. The molecule has 30 heavy (non-hydrogen) atoms. The molecule has 0 aromatic heterocycles. The molecule has 0 atom stereocenters. The largest absolute Gasteiger partial charge is 1.00 e. The zero-order valence-corrected chi connectivity index (χ0v) is 21.5. The number of amides is 1. The molecule has 148 valence electrons. The molecule has 1 amide bonds. The summed E-state index contributed by atoms with van der Waals surface area (Å²) in [5.41, 5.74) is 23.3. The SMILES string of the molecule is O=C(Cl)/C=C/c1ccc(Br)cc1.[N-]=[N+]=NC(=O)/C=C/c1ccc(Br)cc1.[N-]=[N+]=[N-].[Na+]. The number of rotatable bonds is 4. The van der Waals surface area contributed by atoms with E-state index in [1.165, 1.54) is 17.1 Å². The molecule has 0 bridgehead atoms. The zero-order chi connectivity index (χ0) is 22.1. The quantitative estimate of drug-likeness (QED) is 0.136. The fraction of sp³-hybridized carbons (Fsp3) is 0. The number of allylic oxidation sites excluding steroid dienone is 1. The maximum absolute atomic E-state index is 10.8. The van der Waals surface area contributed by atoms with Gasteiger partial charge in [0.1, 0.15) is 0 Å². The third-order valence-electron chi connectivity index (χ3n) is 2.71. The smallest absolute Gasteiger partial charge is 0.373 e. The number of hydrogen-bond donors (Lipinski definition) is 0. The van der Waals surface area contributed by atoms with Crippen LogP contribution in [0.25, 0.3) is 38.6 Å². The van der Waals surface area contributed by atoms with Gasteiger partial charge < -0.3 is 11.1 Å². The first-order chi connectivity index (χ1) is 13.8. The van der Waals surface area contributed by atoms with E-state index >= 15 is 0 Å². The van der Waals surface area contributed by atoms with Crippen LogP contribution >= 0.6 is 43.5 Å². The molecule has 0 saturated heterocycles. The Labute approximate surface area is 216 Å². The van der Waals surface area contributed by atoms with Gasteiger partial charge in [0.15, 0.2) is 0 Å². The van der Waals surface area contributed by atoms with Crippen molar-refractivity contribution in [3.05, 3.63) is 107 Å². The summed E-state index contributed by atoms with van der Waals surface area (Å²) in [5.74, 6) is -0.601. The molecule has 2 aromatic carbocycles. The van der Waals surface area contributed by atoms with Crippen LogP contribution in [0.2, 0.25) is 0 Å². The van der Waals surface area contributed by atoms with Crippen molar-refractivity contribution in [3.8, 4) is 0 Å². The van der Waals surface area contributed by atoms with Gasteiger partial charge in [-0.05, 0) is 69.8 Å². The molecule has 0 fully saturated rings. The summed E-state index contributed by atoms with van der Waals surface area (Å²) in [6, 6.07) is 15.0. The molecular formula is C18H12Br2ClN6NaO2. The Morgan fingerprint density at radius 2 is 1.20 bits per heavy atom. The summed E-state index contributed by atoms with van der Waals surface area (Å²) in [7, 11) is 0. The van der Waals surface area contributed by atoms with Gasteiger partial charge in [-0.2, -0.15) is 0 Å². The fourth-order valence-corrected chi connectivity index (χ4v) is 2.15. The fourth-order valence-electron chi connectivity index (χ4n) is 1.55. The Bertz CT molecular complexity index is 954. The van der Waals surface area contributed by atoms with E-state index in [-0.39, 0.29) is 29.6 Å². The van der Waals surface area contributed by atoms with Crippen molar-refractivity contribution in [2.75, 3.05) is 0 Å². The molecule has 2 rings (SSSR count). The molecule has 0 aliphatic rings. The van der Waals surface area contributed by atoms with Gasteiger partial charge >= 0.3 is 29.6 Å². The van der Waals surface area contributed by atoms with Crippen molar-refractivity contribution in [1.29, 1.82) is 0 Å². The average molecular weight is 563 g/mol. The Hall–Kier alpha value is -1.87. The molecule has 0 aliphatic carbocycles. The summed E-state index contributed by atoms with van der Waals surface area (Å²) in [6.07, 6.45) is 5.80. The molecule has 0 saturated carbocycles. The van der Waals surface area contributed by atoms with Crippen molar-refractivity contribution < 1.29 is 39.1 Å². The second kappa shape index (κ2) is 19.1. The number of benzene rings is 2. The van der Waals surface area contributed by atoms with E-state index in [2.05, 4.69) is 41.9 Å². The van der Waals surface area contributed by atoms with E-state index in [1.807, 2.05) is 48.5 Å². The maximum atomic E-state index is 10.8. The standard InChI is InChI=1S/C9H6BrClO.C9H6BrN3O.N3.Na/c10-8-4-1-7(2-5-8)3-6-9(11)12;10-8-4-1-7(2-5-8)3-6-9(14)12-13-11;1-3-2;/h1-6H;1-6H;;/q;;-1;+1/b2*6-3+;;. The molecular weight excluding hydrogens is 550 g/mol. The van der Waals surface area contributed by atoms with Crippen LogP contribution in [0.4, 0.5) is 0 Å². The van der Waals surface area contributed by atoms with Crippen molar-refractivity contribution in [1.82, 2.24) is 0 Å². The first kappa shape index (κ1) is 30.3. The Balaban J connectivity index is 0. The minimum Gasteiger partial charge on any atom is -0.373 e. The van der Waals surface area contributed by atoms with Crippen LogP contribution in [0.3, 0.4) is 0 Å². The maximum Gasteiger partial charge on any atom is 1.00 e. The monoisotopic (exact) mass is 560 g/mol. The summed E-state index contributed by atoms with van der Waals surface area (Å²) in [5, 5.41) is 2.44. The van der Waals surface area contributed by atoms with E-state index in [9.17, 15) is 9.59 Å². The van der Waals surface area contributed by atoms with Crippen molar-refractivity contribution in [3.63, 3.8) is 0 Å². The van der Waals surface area contributed by atoms with Gasteiger partial charge in [0.25, 0.3) is 0 Å². The van der Waals surface area contributed by atoms with Crippen molar-refractivity contribution in [2.24, 2.45) is 5.11 Å². The molecule has 2 aromatic rings. The van der Waals surface area contributed by atoms with E-state index in [0.717, 1.165) is 20.1 Å². The third kappa shape index (κ3) is 17.0. The van der Waals surface area contributed by atoms with E-state index in [1.54, 1.807) is 12.2 Å². The molecule has 8 nitrogen and oxygen atoms in total. The van der Waals surface area contributed by atoms with E-state index < -0.39 is 11.1 Å². The Morgan fingerprint density at radius 3 is 1.53 bits per heavy atom. The van der Waals surface area contributed by atoms with Crippen LogP contribution in [0, 0.1) is 0 Å². The van der Waals surface area contributed by atoms with Crippen LogP contribution in [-0.4, -0.2) is 11.1 Å². The second-order valence-electron chi connectivity index (χ2n) is 4.69. The Morgan fingerprint density at radius 1 is 0.833 bits per heavy atom. The topological polar surface area (TPSA) is 142 Å². The molecule has 0 unspecified atom stereocenters. The van der Waals surface area contributed by atoms with E-state index in [4.69, 9.17) is 28.2 Å². The van der Waals surface area contributed by atoms with Crippen molar-refractivity contribution in [2.45, 2.75) is 0 Å². The summed E-state index contributed by atoms with van der Waals surface area (Å²) >= 11 is 11.7. The van der Waals surface area contributed by atoms with Gasteiger partial charge in [0.05, 0.1) is 0 Å². The van der Waals surface area contributed by atoms with Gasteiger partial charge in [-0.25, -0.2) is 0 Å². The molecule has 0 radical (unpaired) electrons. The predicted octanol–water partition coefficient (Wildman–Crippen LogP) is 4.40. The van der Waals surface area contributed by atoms with Gasteiger partial charge in [-0.15, -0.1) is 0 Å². The predicted molar refractivity (Wildman–Crippen MR) is 121 cm³/mol. The van der Waals surface area contributed by atoms with Crippen LogP contribution in [-0.2, 0) is 9.59 Å². The van der Waals surface area contributed by atoms with Gasteiger partial charge in [0.2, 0.25) is 11.1 Å². The summed E-state index contributed by atoms with van der Waals surface area (Å²) < 4.78 is 1.98. The van der Waals surface area contributed by atoms with E-state index in [0.29, 0.717) is 0 Å². The first-order valence-electron chi connectivity index (χ1n) is 7.46. The van der Waals surface area contributed by atoms with Crippen molar-refractivity contribution >= 4 is 66.8 Å². The summed E-state index contributed by atoms with van der Waals surface area (Å²) in [6.45, 7) is 0. The minimum atomic E-state index is -0.601. The first-order valence-corrected chi connectivity index (χ1v) is 9.43. The van der Waals surface area contributed by atoms with Crippen LogP contribution < -0.4 is 29.6 Å². The van der Waals surface area contributed by atoms with Crippen LogP contribution in [0.15, 0.2) is 74.7 Å². The van der Waals surface area contributed by atoms with Gasteiger partial charge in [-0.1, -0.05) is 68.3 Å². The van der Waals surface area contributed by atoms with Crippen LogP contribution in [0.1, 0.15) is 11.1 Å². The number of halogens is 3. The normalized spacial score (nSPS) is 9.03. The summed E-state index contributed by atoms with van der Waals surface area (Å²) in [4.78, 5) is 25.0. The number of azide groups is 1. The Kier molecular flexibility index (Phi) is 19.3. The van der Waals surface area contributed by atoms with Crippen LogP contribution in [0.5, 0.6) is 0 Å². The number of nitrogens with zero attached hydrogens (tertiary/aromatic N) is 6. The molecule has 12 heteroatoms. The molecule has 0 heterocycles. The number of hydrogen-bond acceptors (Lipinski definition) is 2.